The number of halogens is 1. The van der Waals surface area contributed by atoms with Gasteiger partial charge < -0.3 is 16.4 Å². The summed E-state index contributed by atoms with van der Waals surface area (Å²) in [5.74, 6) is -0.335. The van der Waals surface area contributed by atoms with Crippen molar-refractivity contribution < 1.29 is 9.59 Å². The molecule has 0 aromatic heterocycles. The first-order valence-electron chi connectivity index (χ1n) is 6.60. The van der Waals surface area contributed by atoms with Crippen LogP contribution in [0.1, 0.15) is 36.0 Å². The first-order valence-corrected chi connectivity index (χ1v) is 6.98. The van der Waals surface area contributed by atoms with Crippen molar-refractivity contribution in [3.8, 4) is 0 Å². The number of nitrogens with two attached hydrogens (primary N) is 1. The lowest BCUT2D eigenvalue weighted by molar-refractivity contribution is -0.116. The highest BCUT2D eigenvalue weighted by Crippen LogP contribution is 2.23. The molecule has 1 aromatic rings. The first kappa shape index (κ1) is 16.5. The number of benzene rings is 1. The number of hydrogen-bond donors (Lipinski definition) is 3. The quantitative estimate of drug-likeness (QED) is 0.674. The van der Waals surface area contributed by atoms with Gasteiger partial charge in [0, 0.05) is 19.0 Å². The SMILES string of the molecule is CNC(=O)c1ccc(Cl)c(NC(=O)CCCCCN)c1. The van der Waals surface area contributed by atoms with Gasteiger partial charge in [0.2, 0.25) is 5.91 Å². The maximum absolute atomic E-state index is 11.8. The van der Waals surface area contributed by atoms with Crippen molar-refractivity contribution in [2.45, 2.75) is 25.7 Å². The molecule has 0 fully saturated rings. The Morgan fingerprint density at radius 2 is 2.00 bits per heavy atom. The van der Waals surface area contributed by atoms with Crippen molar-refractivity contribution in [2.24, 2.45) is 5.73 Å². The third-order valence-electron chi connectivity index (χ3n) is 2.84. The molecule has 0 saturated heterocycles. The van der Waals surface area contributed by atoms with Crippen LogP contribution in [0.15, 0.2) is 18.2 Å². The molecular weight excluding hydrogens is 278 g/mol. The molecule has 0 radical (unpaired) electrons. The summed E-state index contributed by atoms with van der Waals surface area (Å²) in [6, 6.07) is 4.77. The number of amides is 2. The second-order valence-corrected chi connectivity index (χ2v) is 4.83. The minimum Gasteiger partial charge on any atom is -0.355 e. The van der Waals surface area contributed by atoms with Crippen molar-refractivity contribution in [1.29, 1.82) is 0 Å². The zero-order chi connectivity index (χ0) is 15.0. The largest absolute Gasteiger partial charge is 0.355 e. The number of anilines is 1. The fraction of sp³-hybridized carbons (Fsp3) is 0.429. The van der Waals surface area contributed by atoms with Gasteiger partial charge in [-0.05, 0) is 37.6 Å². The third kappa shape index (κ3) is 5.19. The molecule has 0 atom stereocenters. The Morgan fingerprint density at radius 3 is 2.65 bits per heavy atom. The second kappa shape index (κ2) is 8.55. The highest BCUT2D eigenvalue weighted by molar-refractivity contribution is 6.33. The smallest absolute Gasteiger partial charge is 0.251 e. The van der Waals surface area contributed by atoms with Gasteiger partial charge in [0.1, 0.15) is 0 Å². The molecule has 2 amide bonds. The monoisotopic (exact) mass is 297 g/mol. The Labute approximate surface area is 123 Å². The molecule has 0 aliphatic carbocycles. The molecule has 5 nitrogen and oxygen atoms in total. The number of unbranched alkanes of at least 4 members (excludes halogenated alkanes) is 2. The van der Waals surface area contributed by atoms with Crippen molar-refractivity contribution in [3.05, 3.63) is 28.8 Å². The molecule has 0 heterocycles. The molecule has 0 saturated carbocycles. The normalized spacial score (nSPS) is 10.2. The minimum atomic E-state index is -0.222. The fourth-order valence-electron chi connectivity index (χ4n) is 1.73. The van der Waals surface area contributed by atoms with E-state index in [1.807, 2.05) is 0 Å². The average molecular weight is 298 g/mol. The summed E-state index contributed by atoms with van der Waals surface area (Å²) in [4.78, 5) is 23.3. The molecular formula is C14H20ClN3O2. The van der Waals surface area contributed by atoms with E-state index in [-0.39, 0.29) is 11.8 Å². The van der Waals surface area contributed by atoms with Crippen LogP contribution in [0.2, 0.25) is 5.02 Å². The van der Waals surface area contributed by atoms with Crippen LogP contribution in [0.3, 0.4) is 0 Å². The zero-order valence-electron chi connectivity index (χ0n) is 11.5. The van der Waals surface area contributed by atoms with E-state index < -0.39 is 0 Å². The van der Waals surface area contributed by atoms with Crippen LogP contribution in [0, 0.1) is 0 Å². The summed E-state index contributed by atoms with van der Waals surface area (Å²) in [7, 11) is 1.55. The standard InChI is InChI=1S/C14H20ClN3O2/c1-17-14(20)10-6-7-11(15)12(9-10)18-13(19)5-3-2-4-8-16/h6-7,9H,2-5,8,16H2,1H3,(H,17,20)(H,18,19). The maximum atomic E-state index is 11.8. The van der Waals surface area contributed by atoms with Crippen LogP contribution in [0.5, 0.6) is 0 Å². The predicted octanol–water partition coefficient (Wildman–Crippen LogP) is 2.16. The Bertz CT molecular complexity index is 477. The number of carbonyl (C=O) groups is 2. The van der Waals surface area contributed by atoms with Gasteiger partial charge in [0.25, 0.3) is 5.91 Å². The van der Waals surface area contributed by atoms with Crippen LogP contribution in [0.4, 0.5) is 5.69 Å². The van der Waals surface area contributed by atoms with E-state index in [2.05, 4.69) is 10.6 Å². The zero-order valence-corrected chi connectivity index (χ0v) is 12.3. The molecule has 0 unspecified atom stereocenters. The molecule has 110 valence electrons. The van der Waals surface area contributed by atoms with E-state index in [1.165, 1.54) is 0 Å². The third-order valence-corrected chi connectivity index (χ3v) is 3.17. The van der Waals surface area contributed by atoms with Gasteiger partial charge in [-0.3, -0.25) is 9.59 Å². The summed E-state index contributed by atoms with van der Waals surface area (Å²) in [6.07, 6.45) is 3.05. The summed E-state index contributed by atoms with van der Waals surface area (Å²) in [5.41, 5.74) is 6.30. The Kier molecular flexibility index (Phi) is 7.04. The van der Waals surface area contributed by atoms with Crippen molar-refractivity contribution in [2.75, 3.05) is 18.9 Å². The van der Waals surface area contributed by atoms with Gasteiger partial charge >= 0.3 is 0 Å². The Balaban J connectivity index is 2.62. The molecule has 0 aliphatic heterocycles. The molecule has 4 N–H and O–H groups in total. The summed E-state index contributed by atoms with van der Waals surface area (Å²) in [5, 5.41) is 5.66. The lowest BCUT2D eigenvalue weighted by Crippen LogP contribution is -2.18. The van der Waals surface area contributed by atoms with E-state index >= 15 is 0 Å². The first-order chi connectivity index (χ1) is 9.58. The second-order valence-electron chi connectivity index (χ2n) is 4.42. The molecule has 1 rings (SSSR count). The Hall–Kier alpha value is -1.59. The highest BCUT2D eigenvalue weighted by Gasteiger charge is 2.10. The van der Waals surface area contributed by atoms with Crippen molar-refractivity contribution in [1.82, 2.24) is 5.32 Å². The van der Waals surface area contributed by atoms with Gasteiger partial charge in [-0.1, -0.05) is 18.0 Å². The predicted molar refractivity (Wildman–Crippen MR) is 81.0 cm³/mol. The number of carbonyl (C=O) groups excluding carboxylic acids is 2. The molecule has 20 heavy (non-hydrogen) atoms. The lowest BCUT2D eigenvalue weighted by atomic mass is 10.1. The molecule has 6 heteroatoms. The topological polar surface area (TPSA) is 84.2 Å². The van der Waals surface area contributed by atoms with Gasteiger partial charge in [-0.25, -0.2) is 0 Å². The van der Waals surface area contributed by atoms with E-state index in [4.69, 9.17) is 17.3 Å². The minimum absolute atomic E-state index is 0.113. The lowest BCUT2D eigenvalue weighted by Gasteiger charge is -2.09. The van der Waals surface area contributed by atoms with Crippen LogP contribution in [0.25, 0.3) is 0 Å². The summed E-state index contributed by atoms with van der Waals surface area (Å²) >= 11 is 6.01. The number of rotatable bonds is 7. The van der Waals surface area contributed by atoms with Crippen LogP contribution >= 0.6 is 11.6 Å². The van der Waals surface area contributed by atoms with Crippen molar-refractivity contribution >= 4 is 29.1 Å². The average Bonchev–Trinajstić information content (AvgIpc) is 2.45. The van der Waals surface area contributed by atoms with Crippen LogP contribution < -0.4 is 16.4 Å². The summed E-state index contributed by atoms with van der Waals surface area (Å²) in [6.45, 7) is 0.640. The molecule has 0 bridgehead atoms. The fourth-order valence-corrected chi connectivity index (χ4v) is 1.89. The highest BCUT2D eigenvalue weighted by atomic mass is 35.5. The molecule has 1 aromatic carbocycles. The summed E-state index contributed by atoms with van der Waals surface area (Å²) < 4.78 is 0. The van der Waals surface area contributed by atoms with Crippen LogP contribution in [-0.2, 0) is 4.79 Å². The van der Waals surface area contributed by atoms with Gasteiger partial charge in [-0.15, -0.1) is 0 Å². The van der Waals surface area contributed by atoms with E-state index in [0.717, 1.165) is 19.3 Å². The Morgan fingerprint density at radius 1 is 1.25 bits per heavy atom. The van der Waals surface area contributed by atoms with Crippen molar-refractivity contribution in [3.63, 3.8) is 0 Å². The maximum Gasteiger partial charge on any atom is 0.251 e. The van der Waals surface area contributed by atoms with E-state index in [1.54, 1.807) is 25.2 Å². The number of nitrogens with one attached hydrogen (secondary N) is 2. The van der Waals surface area contributed by atoms with E-state index in [9.17, 15) is 9.59 Å². The van der Waals surface area contributed by atoms with Gasteiger partial charge in [-0.2, -0.15) is 0 Å². The number of hydrogen-bond acceptors (Lipinski definition) is 3. The van der Waals surface area contributed by atoms with Gasteiger partial charge in [0.05, 0.1) is 10.7 Å². The van der Waals surface area contributed by atoms with E-state index in [0.29, 0.717) is 29.2 Å². The van der Waals surface area contributed by atoms with Crippen LogP contribution in [-0.4, -0.2) is 25.4 Å². The molecule has 0 aliphatic rings. The van der Waals surface area contributed by atoms with Gasteiger partial charge in [0.15, 0.2) is 0 Å². The molecule has 0 spiro atoms.